The lowest BCUT2D eigenvalue weighted by atomic mass is 10.0. The monoisotopic (exact) mass is 1440 g/mol. The van der Waals surface area contributed by atoms with Crippen molar-refractivity contribution >= 4 is 39.5 Å². The molecule has 0 aromatic rings. The van der Waals surface area contributed by atoms with Gasteiger partial charge in [0, 0.05) is 25.7 Å². The van der Waals surface area contributed by atoms with Crippen molar-refractivity contribution in [2.75, 3.05) is 39.6 Å². The van der Waals surface area contributed by atoms with Gasteiger partial charge in [0.1, 0.15) is 19.3 Å². The van der Waals surface area contributed by atoms with Crippen molar-refractivity contribution in [3.05, 3.63) is 0 Å². The molecule has 0 aliphatic heterocycles. The fourth-order valence-electron chi connectivity index (χ4n) is 12.2. The van der Waals surface area contributed by atoms with E-state index >= 15 is 0 Å². The normalized spacial score (nSPS) is 13.9. The summed E-state index contributed by atoms with van der Waals surface area (Å²) < 4.78 is 68.7. The lowest BCUT2D eigenvalue weighted by Gasteiger charge is -2.21. The lowest BCUT2D eigenvalue weighted by Crippen LogP contribution is -2.30. The Hall–Kier alpha value is -1.94. The molecule has 0 aliphatic carbocycles. The van der Waals surface area contributed by atoms with Crippen LogP contribution in [0.2, 0.25) is 0 Å². The molecule has 0 spiro atoms. The summed E-state index contributed by atoms with van der Waals surface area (Å²) in [5.74, 6) is -0.599. The number of ether oxygens (including phenoxy) is 4. The molecule has 0 bridgehead atoms. The van der Waals surface area contributed by atoms with Crippen molar-refractivity contribution < 1.29 is 80.2 Å². The average molecular weight is 1440 g/mol. The molecule has 5 atom stereocenters. The van der Waals surface area contributed by atoms with Gasteiger partial charge in [-0.2, -0.15) is 0 Å². The maximum atomic E-state index is 13.1. The van der Waals surface area contributed by atoms with E-state index in [0.29, 0.717) is 25.7 Å². The molecule has 17 nitrogen and oxygen atoms in total. The standard InChI is InChI=1S/C79H154O17P2/c1-7-9-11-13-15-17-19-21-23-25-27-29-37-43-49-55-61-76(81)89-67-74(95-78(83)63-57-51-45-39-30-28-26-24-22-20-18-16-14-12-10-8-2)69-93-97(85,86)91-65-73(80)66-92-98(87,88)94-70-75(96-79(84)64-58-52-46-40-34-32-36-42-48-54-60-72(5)6)68-90-77(82)62-56-50-44-38-33-31-35-41-47-53-59-71(3)4/h71-75,80H,7-70H2,1-6H3,(H,85,86)(H,87,88)/t73-,74-,75-/m1/s1. The highest BCUT2D eigenvalue weighted by Crippen LogP contribution is 2.45. The Bertz CT molecular complexity index is 1890. The van der Waals surface area contributed by atoms with Crippen molar-refractivity contribution in [3.63, 3.8) is 0 Å². The molecule has 0 aliphatic rings. The highest BCUT2D eigenvalue weighted by Gasteiger charge is 2.30. The molecular formula is C79H154O17P2. The third-order valence-corrected chi connectivity index (χ3v) is 20.4. The molecule has 0 aromatic heterocycles. The summed E-state index contributed by atoms with van der Waals surface area (Å²) in [5.41, 5.74) is 0. The number of aliphatic hydroxyl groups excluding tert-OH is 1. The second kappa shape index (κ2) is 70.7. The first-order valence-corrected chi connectivity index (χ1v) is 44.0. The van der Waals surface area contributed by atoms with Crippen LogP contribution in [0.3, 0.4) is 0 Å². The molecule has 0 saturated heterocycles. The van der Waals surface area contributed by atoms with Gasteiger partial charge < -0.3 is 33.8 Å². The Labute approximate surface area is 600 Å². The van der Waals surface area contributed by atoms with E-state index in [1.807, 2.05) is 0 Å². The first-order valence-electron chi connectivity index (χ1n) is 41.0. The van der Waals surface area contributed by atoms with Crippen molar-refractivity contribution in [1.29, 1.82) is 0 Å². The highest BCUT2D eigenvalue weighted by atomic mass is 31.2. The molecule has 0 radical (unpaired) electrons. The molecule has 0 heterocycles. The molecule has 0 aromatic carbocycles. The van der Waals surface area contributed by atoms with E-state index in [2.05, 4.69) is 41.5 Å². The van der Waals surface area contributed by atoms with Gasteiger partial charge >= 0.3 is 39.5 Å². The number of carbonyl (C=O) groups is 4. The van der Waals surface area contributed by atoms with Crippen LogP contribution in [0.25, 0.3) is 0 Å². The summed E-state index contributed by atoms with van der Waals surface area (Å²) in [6.45, 7) is 9.61. The van der Waals surface area contributed by atoms with E-state index in [9.17, 15) is 43.2 Å². The quantitative estimate of drug-likeness (QED) is 0.0222. The maximum Gasteiger partial charge on any atom is 0.472 e. The van der Waals surface area contributed by atoms with Crippen LogP contribution in [0.1, 0.15) is 414 Å². The van der Waals surface area contributed by atoms with E-state index in [0.717, 1.165) is 102 Å². The Morgan fingerprint density at radius 3 is 0.694 bits per heavy atom. The minimum atomic E-state index is -4.96. The number of esters is 4. The fraction of sp³-hybridized carbons (Fsp3) is 0.949. The lowest BCUT2D eigenvalue weighted by molar-refractivity contribution is -0.161. The topological polar surface area (TPSA) is 237 Å². The van der Waals surface area contributed by atoms with Crippen LogP contribution < -0.4 is 0 Å². The Morgan fingerprint density at radius 2 is 0.469 bits per heavy atom. The number of phosphoric ester groups is 2. The number of hydrogen-bond acceptors (Lipinski definition) is 15. The SMILES string of the molecule is CCCCCCCCCCCCCCCCCCC(=O)OC[C@H](COP(=O)(O)OC[C@@H](O)COP(=O)(O)OC[C@@H](COC(=O)CCCCCCCCCCCCC(C)C)OC(=O)CCCCCCCCCCCCC(C)C)OC(=O)CCCCCCCCCCCCCCCCCC. The number of carbonyl (C=O) groups excluding carboxylic acids is 4. The van der Waals surface area contributed by atoms with E-state index in [1.54, 1.807) is 0 Å². The predicted molar refractivity (Wildman–Crippen MR) is 400 cm³/mol. The molecule has 0 saturated carbocycles. The zero-order valence-electron chi connectivity index (χ0n) is 64.1. The molecule has 19 heteroatoms. The number of phosphoric acid groups is 2. The smallest absolute Gasteiger partial charge is 0.462 e. The van der Waals surface area contributed by atoms with Gasteiger partial charge in [-0.1, -0.05) is 363 Å². The van der Waals surface area contributed by atoms with Gasteiger partial charge in [0.15, 0.2) is 12.2 Å². The fourth-order valence-corrected chi connectivity index (χ4v) is 13.8. The second-order valence-corrected chi connectivity index (χ2v) is 32.3. The zero-order chi connectivity index (χ0) is 72.1. The van der Waals surface area contributed by atoms with Crippen LogP contribution in [-0.2, 0) is 65.4 Å². The first kappa shape index (κ1) is 96.1. The van der Waals surface area contributed by atoms with Gasteiger partial charge in [0.2, 0.25) is 0 Å². The zero-order valence-corrected chi connectivity index (χ0v) is 65.9. The summed E-state index contributed by atoms with van der Waals surface area (Å²) >= 11 is 0. The van der Waals surface area contributed by atoms with Crippen molar-refractivity contribution in [1.82, 2.24) is 0 Å². The van der Waals surface area contributed by atoms with Crippen molar-refractivity contribution in [3.8, 4) is 0 Å². The van der Waals surface area contributed by atoms with Gasteiger partial charge in [-0.3, -0.25) is 37.3 Å². The van der Waals surface area contributed by atoms with Crippen LogP contribution in [0.4, 0.5) is 0 Å². The van der Waals surface area contributed by atoms with Crippen LogP contribution >= 0.6 is 15.6 Å². The predicted octanol–water partition coefficient (Wildman–Crippen LogP) is 23.5. The first-order chi connectivity index (χ1) is 47.4. The minimum Gasteiger partial charge on any atom is -0.462 e. The van der Waals surface area contributed by atoms with Gasteiger partial charge in [-0.05, 0) is 37.5 Å². The van der Waals surface area contributed by atoms with Crippen LogP contribution in [-0.4, -0.2) is 96.7 Å². The van der Waals surface area contributed by atoms with Gasteiger partial charge in [0.25, 0.3) is 0 Å². The van der Waals surface area contributed by atoms with E-state index < -0.39 is 97.5 Å². The number of unbranched alkanes of at least 4 members (excludes halogenated alkanes) is 48. The number of rotatable bonds is 78. The molecule has 3 N–H and O–H groups in total. The summed E-state index contributed by atoms with van der Waals surface area (Å²) in [6, 6.07) is 0. The van der Waals surface area contributed by atoms with Crippen LogP contribution in [0, 0.1) is 11.8 Å². The molecule has 2 unspecified atom stereocenters. The molecular weight excluding hydrogens is 1280 g/mol. The van der Waals surface area contributed by atoms with Crippen molar-refractivity contribution in [2.24, 2.45) is 11.8 Å². The Morgan fingerprint density at radius 1 is 0.276 bits per heavy atom. The van der Waals surface area contributed by atoms with Gasteiger partial charge in [0.05, 0.1) is 26.4 Å². The van der Waals surface area contributed by atoms with Gasteiger partial charge in [-0.15, -0.1) is 0 Å². The van der Waals surface area contributed by atoms with Crippen LogP contribution in [0.5, 0.6) is 0 Å². The maximum absolute atomic E-state index is 13.1. The van der Waals surface area contributed by atoms with Crippen molar-refractivity contribution in [2.45, 2.75) is 432 Å². The second-order valence-electron chi connectivity index (χ2n) is 29.4. The third kappa shape index (κ3) is 72.4. The Kier molecular flexibility index (Phi) is 69.3. The molecule has 0 fully saturated rings. The molecule has 0 rings (SSSR count). The molecule has 0 amide bonds. The number of aliphatic hydroxyl groups is 1. The largest absolute Gasteiger partial charge is 0.472 e. The average Bonchev–Trinajstić information content (AvgIpc) is 1.09. The molecule has 98 heavy (non-hydrogen) atoms. The van der Waals surface area contributed by atoms with E-state index in [-0.39, 0.29) is 25.7 Å². The summed E-state index contributed by atoms with van der Waals surface area (Å²) in [6.07, 6.45) is 59.5. The summed E-state index contributed by atoms with van der Waals surface area (Å²) in [5, 5.41) is 10.6. The molecule has 582 valence electrons. The minimum absolute atomic E-state index is 0.106. The van der Waals surface area contributed by atoms with Gasteiger partial charge in [-0.25, -0.2) is 9.13 Å². The third-order valence-electron chi connectivity index (χ3n) is 18.5. The van der Waals surface area contributed by atoms with E-state index in [4.69, 9.17) is 37.0 Å². The highest BCUT2D eigenvalue weighted by molar-refractivity contribution is 7.47. The summed E-state index contributed by atoms with van der Waals surface area (Å²) in [7, 11) is -9.92. The summed E-state index contributed by atoms with van der Waals surface area (Å²) in [4.78, 5) is 73.0. The number of hydrogen-bond donors (Lipinski definition) is 3. The van der Waals surface area contributed by atoms with E-state index in [1.165, 1.54) is 231 Å². The van der Waals surface area contributed by atoms with Crippen LogP contribution in [0.15, 0.2) is 0 Å². The Balaban J connectivity index is 5.26.